The van der Waals surface area contributed by atoms with E-state index in [0.717, 1.165) is 12.0 Å². The Bertz CT molecular complexity index is 504. The van der Waals surface area contributed by atoms with Crippen molar-refractivity contribution in [2.45, 2.75) is 19.8 Å². The van der Waals surface area contributed by atoms with E-state index in [2.05, 4.69) is 5.32 Å². The Balaban J connectivity index is 1.77. The Morgan fingerprint density at radius 3 is 2.95 bits per heavy atom. The molecule has 0 bridgehead atoms. The van der Waals surface area contributed by atoms with Gasteiger partial charge in [0.1, 0.15) is 0 Å². The molecule has 1 heterocycles. The minimum atomic E-state index is -0.207. The number of hydrogen-bond acceptors (Lipinski definition) is 2. The normalized spacial score (nSPS) is 18.4. The van der Waals surface area contributed by atoms with Gasteiger partial charge >= 0.3 is 0 Å². The Labute approximate surface area is 124 Å². The summed E-state index contributed by atoms with van der Waals surface area (Å²) in [5.41, 5.74) is 1.09. The second-order valence-electron chi connectivity index (χ2n) is 5.00. The summed E-state index contributed by atoms with van der Waals surface area (Å²) in [6, 6.07) is 7.60. The van der Waals surface area contributed by atoms with Crippen molar-refractivity contribution >= 4 is 23.4 Å². The molecule has 0 radical (unpaired) electrons. The molecule has 1 aliphatic heterocycles. The van der Waals surface area contributed by atoms with Crippen LogP contribution < -0.4 is 5.32 Å². The maximum atomic E-state index is 12.0. The first kappa shape index (κ1) is 14.9. The summed E-state index contributed by atoms with van der Waals surface area (Å²) in [5.74, 6) is -0.166. The molecule has 2 rings (SSSR count). The van der Waals surface area contributed by atoms with E-state index in [1.165, 1.54) is 0 Å². The van der Waals surface area contributed by atoms with Crippen molar-refractivity contribution in [3.05, 3.63) is 34.9 Å². The second kappa shape index (κ2) is 6.75. The fraction of sp³-hybridized carbons (Fsp3) is 0.467. The highest BCUT2D eigenvalue weighted by molar-refractivity contribution is 6.30. The number of nitrogens with one attached hydrogen (secondary N) is 1. The van der Waals surface area contributed by atoms with Crippen molar-refractivity contribution in [3.63, 3.8) is 0 Å². The third-order valence-electron chi connectivity index (χ3n) is 3.57. The predicted molar refractivity (Wildman–Crippen MR) is 78.5 cm³/mol. The van der Waals surface area contributed by atoms with Gasteiger partial charge < -0.3 is 10.2 Å². The molecule has 4 nitrogen and oxygen atoms in total. The topological polar surface area (TPSA) is 49.4 Å². The number of benzene rings is 1. The number of likely N-dealkylation sites (tertiary alicyclic amines) is 1. The van der Waals surface area contributed by atoms with Gasteiger partial charge in [-0.25, -0.2) is 0 Å². The third-order valence-corrected chi connectivity index (χ3v) is 3.80. The van der Waals surface area contributed by atoms with Gasteiger partial charge in [-0.2, -0.15) is 0 Å². The SMILES string of the molecule is CCN1C[C@H](C(=O)NCCc2cccc(Cl)c2)CC1=O. The van der Waals surface area contributed by atoms with Gasteiger partial charge in [-0.15, -0.1) is 0 Å². The van der Waals surface area contributed by atoms with Crippen LogP contribution in [0, 0.1) is 5.92 Å². The van der Waals surface area contributed by atoms with Crippen molar-refractivity contribution in [2.24, 2.45) is 5.92 Å². The van der Waals surface area contributed by atoms with Gasteiger partial charge in [0.15, 0.2) is 0 Å². The molecule has 0 saturated carbocycles. The number of rotatable bonds is 5. The molecule has 0 aromatic heterocycles. The lowest BCUT2D eigenvalue weighted by atomic mass is 10.1. The quantitative estimate of drug-likeness (QED) is 0.901. The van der Waals surface area contributed by atoms with Gasteiger partial charge in [0, 0.05) is 31.1 Å². The molecule has 1 atom stereocenters. The van der Waals surface area contributed by atoms with Gasteiger partial charge in [0.2, 0.25) is 11.8 Å². The highest BCUT2D eigenvalue weighted by Crippen LogP contribution is 2.17. The Morgan fingerprint density at radius 1 is 1.50 bits per heavy atom. The zero-order valence-electron chi connectivity index (χ0n) is 11.6. The van der Waals surface area contributed by atoms with E-state index in [9.17, 15) is 9.59 Å². The molecule has 20 heavy (non-hydrogen) atoms. The van der Waals surface area contributed by atoms with E-state index in [0.29, 0.717) is 31.1 Å². The first-order chi connectivity index (χ1) is 9.60. The van der Waals surface area contributed by atoms with Gasteiger partial charge in [0.25, 0.3) is 0 Å². The Morgan fingerprint density at radius 2 is 2.30 bits per heavy atom. The zero-order valence-corrected chi connectivity index (χ0v) is 12.3. The third kappa shape index (κ3) is 3.73. The lowest BCUT2D eigenvalue weighted by molar-refractivity contribution is -0.128. The molecule has 1 aromatic carbocycles. The standard InChI is InChI=1S/C15H19ClN2O2/c1-2-18-10-12(9-14(18)19)15(20)17-7-6-11-4-3-5-13(16)8-11/h3-5,8,12H,2,6-7,9-10H2,1H3,(H,17,20)/t12-/m1/s1. The average molecular weight is 295 g/mol. The first-order valence-corrected chi connectivity index (χ1v) is 7.28. The largest absolute Gasteiger partial charge is 0.355 e. The number of nitrogens with zero attached hydrogens (tertiary/aromatic N) is 1. The molecule has 1 aliphatic rings. The van der Waals surface area contributed by atoms with E-state index in [4.69, 9.17) is 11.6 Å². The summed E-state index contributed by atoms with van der Waals surface area (Å²) in [7, 11) is 0. The number of carbonyl (C=O) groups is 2. The monoisotopic (exact) mass is 294 g/mol. The lowest BCUT2D eigenvalue weighted by Gasteiger charge is -2.13. The molecular formula is C15H19ClN2O2. The highest BCUT2D eigenvalue weighted by atomic mass is 35.5. The van der Waals surface area contributed by atoms with Crippen LogP contribution in [0.3, 0.4) is 0 Å². The van der Waals surface area contributed by atoms with Crippen LogP contribution in [0.5, 0.6) is 0 Å². The fourth-order valence-electron chi connectivity index (χ4n) is 2.42. The summed E-state index contributed by atoms with van der Waals surface area (Å²) in [6.07, 6.45) is 1.07. The minimum Gasteiger partial charge on any atom is -0.355 e. The molecule has 1 fully saturated rings. The molecule has 2 amide bonds. The summed E-state index contributed by atoms with van der Waals surface area (Å²) in [6.45, 7) is 3.71. The maximum Gasteiger partial charge on any atom is 0.225 e. The maximum absolute atomic E-state index is 12.0. The minimum absolute atomic E-state index is 0.0312. The summed E-state index contributed by atoms with van der Waals surface area (Å²) in [5, 5.41) is 3.60. The highest BCUT2D eigenvalue weighted by Gasteiger charge is 2.32. The van der Waals surface area contributed by atoms with Gasteiger partial charge in [-0.1, -0.05) is 23.7 Å². The van der Waals surface area contributed by atoms with Crippen LogP contribution in [-0.2, 0) is 16.0 Å². The summed E-state index contributed by atoms with van der Waals surface area (Å²) < 4.78 is 0. The molecule has 1 saturated heterocycles. The first-order valence-electron chi connectivity index (χ1n) is 6.90. The smallest absolute Gasteiger partial charge is 0.225 e. The zero-order chi connectivity index (χ0) is 14.5. The van der Waals surface area contributed by atoms with Crippen LogP contribution in [0.1, 0.15) is 18.9 Å². The molecular weight excluding hydrogens is 276 g/mol. The molecule has 5 heteroatoms. The molecule has 0 aliphatic carbocycles. The van der Waals surface area contributed by atoms with Crippen LogP contribution in [0.15, 0.2) is 24.3 Å². The van der Waals surface area contributed by atoms with E-state index in [1.54, 1.807) is 4.90 Å². The van der Waals surface area contributed by atoms with Crippen LogP contribution in [0.4, 0.5) is 0 Å². The van der Waals surface area contributed by atoms with E-state index in [-0.39, 0.29) is 17.7 Å². The second-order valence-corrected chi connectivity index (χ2v) is 5.44. The van der Waals surface area contributed by atoms with Gasteiger partial charge in [0.05, 0.1) is 5.92 Å². The van der Waals surface area contributed by atoms with Crippen LogP contribution in [-0.4, -0.2) is 36.3 Å². The lowest BCUT2D eigenvalue weighted by Crippen LogP contribution is -2.34. The molecule has 0 unspecified atom stereocenters. The molecule has 1 N–H and O–H groups in total. The van der Waals surface area contributed by atoms with Gasteiger partial charge in [-0.05, 0) is 31.0 Å². The Hall–Kier alpha value is -1.55. The molecule has 1 aromatic rings. The number of hydrogen-bond donors (Lipinski definition) is 1. The number of carbonyl (C=O) groups excluding carboxylic acids is 2. The number of halogens is 1. The van der Waals surface area contributed by atoms with Crippen LogP contribution in [0.2, 0.25) is 5.02 Å². The van der Waals surface area contributed by atoms with Crippen molar-refractivity contribution in [1.82, 2.24) is 10.2 Å². The van der Waals surface area contributed by atoms with Crippen molar-refractivity contribution in [3.8, 4) is 0 Å². The van der Waals surface area contributed by atoms with Crippen molar-refractivity contribution in [1.29, 1.82) is 0 Å². The van der Waals surface area contributed by atoms with E-state index >= 15 is 0 Å². The fourth-order valence-corrected chi connectivity index (χ4v) is 2.63. The van der Waals surface area contributed by atoms with Crippen LogP contribution in [0.25, 0.3) is 0 Å². The predicted octanol–water partition coefficient (Wildman–Crippen LogP) is 1.87. The Kier molecular flexibility index (Phi) is 5.01. The van der Waals surface area contributed by atoms with Crippen molar-refractivity contribution < 1.29 is 9.59 Å². The van der Waals surface area contributed by atoms with Gasteiger partial charge in [-0.3, -0.25) is 9.59 Å². The van der Waals surface area contributed by atoms with Crippen molar-refractivity contribution in [2.75, 3.05) is 19.6 Å². The van der Waals surface area contributed by atoms with E-state index in [1.807, 2.05) is 31.2 Å². The molecule has 0 spiro atoms. The summed E-state index contributed by atoms with van der Waals surface area (Å²) in [4.78, 5) is 25.3. The number of amides is 2. The molecule has 108 valence electrons. The summed E-state index contributed by atoms with van der Waals surface area (Å²) >= 11 is 5.91. The van der Waals surface area contributed by atoms with Crippen LogP contribution >= 0.6 is 11.6 Å². The average Bonchev–Trinajstić information content (AvgIpc) is 2.80. The van der Waals surface area contributed by atoms with E-state index < -0.39 is 0 Å².